The van der Waals surface area contributed by atoms with Crippen molar-refractivity contribution >= 4 is 28.4 Å². The summed E-state index contributed by atoms with van der Waals surface area (Å²) in [6.45, 7) is 13.2. The lowest BCUT2D eigenvalue weighted by atomic mass is 9.76. The highest BCUT2D eigenvalue weighted by atomic mass is 16.1. The zero-order chi connectivity index (χ0) is 27.4. The molecule has 2 N–H and O–H groups in total. The number of nitrogens with zero attached hydrogens (tertiary/aromatic N) is 6. The zero-order valence-corrected chi connectivity index (χ0v) is 23.2. The predicted molar refractivity (Wildman–Crippen MR) is 159 cm³/mol. The highest BCUT2D eigenvalue weighted by Gasteiger charge is 2.36. The number of hydrogen-bond acceptors (Lipinski definition) is 7. The molecular formula is C31H36N8O. The first-order valence-corrected chi connectivity index (χ1v) is 14.3. The van der Waals surface area contributed by atoms with Gasteiger partial charge in [0.1, 0.15) is 5.39 Å². The van der Waals surface area contributed by atoms with E-state index in [1.807, 2.05) is 10.7 Å². The summed E-state index contributed by atoms with van der Waals surface area (Å²) in [6.07, 6.45) is 6.61. The van der Waals surface area contributed by atoms with Crippen LogP contribution in [0.4, 0.5) is 17.3 Å². The van der Waals surface area contributed by atoms with Gasteiger partial charge in [-0.25, -0.2) is 19.3 Å². The maximum Gasteiger partial charge on any atom is 0.278 e. The number of nitrogens with one attached hydrogen (secondary N) is 2. The lowest BCUT2D eigenvalue weighted by molar-refractivity contribution is 0.416. The molecular weight excluding hydrogens is 500 g/mol. The molecule has 0 saturated carbocycles. The Balaban J connectivity index is 1.22. The SMILES string of the molecule is C=CCn1c(=O)c2cnc(Nc3ccc(N4C[C@H]5CNC[C@H]5C4)cc3)nc2n1-c1ccc2c(n1)C(C)(C)CCC2. The smallest absolute Gasteiger partial charge is 0.278 e. The minimum absolute atomic E-state index is 0.0191. The Morgan fingerprint density at radius 2 is 1.88 bits per heavy atom. The summed E-state index contributed by atoms with van der Waals surface area (Å²) >= 11 is 0. The molecule has 3 aliphatic rings. The molecule has 0 unspecified atom stereocenters. The van der Waals surface area contributed by atoms with Crippen LogP contribution in [0, 0.1) is 11.8 Å². The second-order valence-electron chi connectivity index (χ2n) is 12.1. The minimum Gasteiger partial charge on any atom is -0.371 e. The van der Waals surface area contributed by atoms with E-state index in [0.29, 0.717) is 29.3 Å². The van der Waals surface area contributed by atoms with Crippen LogP contribution in [-0.2, 0) is 18.4 Å². The van der Waals surface area contributed by atoms with E-state index in [0.717, 1.165) is 68.7 Å². The van der Waals surface area contributed by atoms with Crippen LogP contribution in [0.1, 0.15) is 37.9 Å². The van der Waals surface area contributed by atoms with Crippen LogP contribution in [0.3, 0.4) is 0 Å². The number of pyridine rings is 1. The number of benzene rings is 1. The molecule has 9 nitrogen and oxygen atoms in total. The zero-order valence-electron chi connectivity index (χ0n) is 23.2. The third-order valence-electron chi connectivity index (χ3n) is 8.93. The summed E-state index contributed by atoms with van der Waals surface area (Å²) in [7, 11) is 0. The van der Waals surface area contributed by atoms with Crippen molar-refractivity contribution in [3.05, 3.63) is 76.9 Å². The summed E-state index contributed by atoms with van der Waals surface area (Å²) in [5.41, 5.74) is 4.87. The fourth-order valence-electron chi connectivity index (χ4n) is 6.78. The molecule has 1 aliphatic carbocycles. The summed E-state index contributed by atoms with van der Waals surface area (Å²) < 4.78 is 3.45. The van der Waals surface area contributed by atoms with Crippen molar-refractivity contribution in [1.82, 2.24) is 29.6 Å². The molecule has 0 bridgehead atoms. The fourth-order valence-corrected chi connectivity index (χ4v) is 6.78. The van der Waals surface area contributed by atoms with Crippen LogP contribution in [0.2, 0.25) is 0 Å². The van der Waals surface area contributed by atoms with E-state index in [9.17, 15) is 4.79 Å². The number of aryl methyl sites for hydroxylation is 1. The van der Waals surface area contributed by atoms with Gasteiger partial charge in [0.25, 0.3) is 5.56 Å². The van der Waals surface area contributed by atoms with E-state index in [1.165, 1.54) is 11.3 Å². The molecule has 9 heteroatoms. The molecule has 40 heavy (non-hydrogen) atoms. The molecule has 2 atom stereocenters. The van der Waals surface area contributed by atoms with Crippen LogP contribution in [0.5, 0.6) is 0 Å². The lowest BCUT2D eigenvalue weighted by Gasteiger charge is -2.31. The molecule has 4 aromatic rings. The first-order chi connectivity index (χ1) is 19.4. The van der Waals surface area contributed by atoms with Gasteiger partial charge in [-0.3, -0.25) is 4.79 Å². The number of aromatic nitrogens is 5. The second-order valence-corrected chi connectivity index (χ2v) is 12.1. The molecule has 5 heterocycles. The standard InChI is InChI=1S/C31H36N8O/c1-4-14-38-29(40)25-17-33-30(34-23-8-10-24(11-9-23)37-18-21-15-32-16-22(21)19-37)36-28(25)39(38)26-12-7-20-6-5-13-31(2,3)27(20)35-26/h4,7-12,17,21-22,32H,1,5-6,13-16,18-19H2,2-3H3,(H,33,34,36)/t21-,22+. The number of fused-ring (bicyclic) bond motifs is 3. The first-order valence-electron chi connectivity index (χ1n) is 14.3. The Bertz CT molecular complexity index is 1640. The van der Waals surface area contributed by atoms with Crippen LogP contribution < -0.4 is 21.1 Å². The molecule has 1 aromatic carbocycles. The van der Waals surface area contributed by atoms with E-state index in [-0.39, 0.29) is 11.0 Å². The Morgan fingerprint density at radius 3 is 2.62 bits per heavy atom. The van der Waals surface area contributed by atoms with Crippen molar-refractivity contribution in [2.24, 2.45) is 11.8 Å². The van der Waals surface area contributed by atoms with Crippen molar-refractivity contribution in [3.8, 4) is 5.82 Å². The quantitative estimate of drug-likeness (QED) is 0.357. The molecule has 206 valence electrons. The first kappa shape index (κ1) is 25.0. The maximum absolute atomic E-state index is 13.4. The highest BCUT2D eigenvalue weighted by Crippen LogP contribution is 2.36. The average Bonchev–Trinajstić information content (AvgIpc) is 3.63. The Labute approximate surface area is 233 Å². The Kier molecular flexibility index (Phi) is 6.00. The van der Waals surface area contributed by atoms with Crippen LogP contribution in [0.15, 0.2) is 60.0 Å². The van der Waals surface area contributed by atoms with Crippen molar-refractivity contribution in [2.45, 2.75) is 45.1 Å². The predicted octanol–water partition coefficient (Wildman–Crippen LogP) is 4.18. The van der Waals surface area contributed by atoms with E-state index in [2.05, 4.69) is 71.3 Å². The van der Waals surface area contributed by atoms with Crippen molar-refractivity contribution in [1.29, 1.82) is 0 Å². The number of rotatable bonds is 6. The molecule has 7 rings (SSSR count). The summed E-state index contributed by atoms with van der Waals surface area (Å²) in [6, 6.07) is 12.6. The second kappa shape index (κ2) is 9.59. The van der Waals surface area contributed by atoms with Crippen LogP contribution in [0.25, 0.3) is 16.9 Å². The van der Waals surface area contributed by atoms with E-state index in [4.69, 9.17) is 9.97 Å². The van der Waals surface area contributed by atoms with Gasteiger partial charge in [-0.1, -0.05) is 26.0 Å². The highest BCUT2D eigenvalue weighted by molar-refractivity contribution is 5.77. The average molecular weight is 537 g/mol. The number of hydrogen-bond donors (Lipinski definition) is 2. The van der Waals surface area contributed by atoms with Gasteiger partial charge in [-0.05, 0) is 67.0 Å². The molecule has 2 fully saturated rings. The maximum atomic E-state index is 13.4. The summed E-state index contributed by atoms with van der Waals surface area (Å²) in [5.74, 6) is 2.62. The molecule has 0 amide bonds. The van der Waals surface area contributed by atoms with E-state index >= 15 is 0 Å². The Hall–Kier alpha value is -3.98. The van der Waals surface area contributed by atoms with Crippen molar-refractivity contribution in [3.63, 3.8) is 0 Å². The summed E-state index contributed by atoms with van der Waals surface area (Å²) in [4.78, 5) is 30.3. The van der Waals surface area contributed by atoms with Gasteiger partial charge in [0.15, 0.2) is 11.5 Å². The van der Waals surface area contributed by atoms with Gasteiger partial charge in [-0.2, -0.15) is 4.98 Å². The topological polar surface area (TPSA) is 92.9 Å². The van der Waals surface area contributed by atoms with E-state index < -0.39 is 0 Å². The molecule has 0 spiro atoms. The van der Waals surface area contributed by atoms with Gasteiger partial charge in [0, 0.05) is 49.2 Å². The van der Waals surface area contributed by atoms with Gasteiger partial charge in [-0.15, -0.1) is 6.58 Å². The van der Waals surface area contributed by atoms with E-state index in [1.54, 1.807) is 17.0 Å². The largest absolute Gasteiger partial charge is 0.371 e. The number of allylic oxidation sites excluding steroid dienone is 1. The molecule has 0 radical (unpaired) electrons. The van der Waals surface area contributed by atoms with Crippen LogP contribution >= 0.6 is 0 Å². The van der Waals surface area contributed by atoms with Gasteiger partial charge >= 0.3 is 0 Å². The molecule has 3 aromatic heterocycles. The van der Waals surface area contributed by atoms with Gasteiger partial charge in [0.2, 0.25) is 5.95 Å². The third kappa shape index (κ3) is 4.20. The lowest BCUT2D eigenvalue weighted by Crippen LogP contribution is -2.27. The van der Waals surface area contributed by atoms with Gasteiger partial charge in [0.05, 0.1) is 12.2 Å². The minimum atomic E-state index is -0.157. The van der Waals surface area contributed by atoms with Crippen molar-refractivity contribution in [2.75, 3.05) is 36.4 Å². The van der Waals surface area contributed by atoms with Gasteiger partial charge < -0.3 is 15.5 Å². The monoisotopic (exact) mass is 536 g/mol. The Morgan fingerprint density at radius 1 is 1.10 bits per heavy atom. The van der Waals surface area contributed by atoms with Crippen molar-refractivity contribution < 1.29 is 0 Å². The third-order valence-corrected chi connectivity index (χ3v) is 8.93. The molecule has 2 aliphatic heterocycles. The summed E-state index contributed by atoms with van der Waals surface area (Å²) in [5, 5.41) is 7.30. The fraction of sp³-hybridized carbons (Fsp3) is 0.419. The normalized spacial score (nSPS) is 21.4. The van der Waals surface area contributed by atoms with Crippen LogP contribution in [-0.4, -0.2) is 50.5 Å². The molecule has 2 saturated heterocycles. The number of anilines is 3.